The number of hydrogen-bond acceptors (Lipinski definition) is 2. The fraction of sp³-hybridized carbons (Fsp3) is 0.100. The number of nitrogens with one attached hydrogen (secondary N) is 1. The monoisotopic (exact) mass is 386 g/mol. The van der Waals surface area contributed by atoms with Gasteiger partial charge in [-0.15, -0.1) is 0 Å². The van der Waals surface area contributed by atoms with Crippen LogP contribution in [0.15, 0.2) is 65.6 Å². The Bertz CT molecular complexity index is 1010. The molecule has 0 saturated heterocycles. The van der Waals surface area contributed by atoms with Crippen LogP contribution in [0.4, 0.5) is 5.69 Å². The molecule has 1 N–H and O–H groups in total. The quantitative estimate of drug-likeness (QED) is 0.702. The van der Waals surface area contributed by atoms with Crippen molar-refractivity contribution < 1.29 is 4.79 Å². The van der Waals surface area contributed by atoms with Crippen LogP contribution in [0.25, 0.3) is 0 Å². The molecule has 0 unspecified atom stereocenters. The molecule has 1 aromatic heterocycles. The van der Waals surface area contributed by atoms with Crippen molar-refractivity contribution >= 4 is 34.8 Å². The van der Waals surface area contributed by atoms with Crippen LogP contribution in [0.2, 0.25) is 10.0 Å². The van der Waals surface area contributed by atoms with Crippen molar-refractivity contribution in [1.29, 1.82) is 0 Å². The predicted molar refractivity (Wildman–Crippen MR) is 105 cm³/mol. The second-order valence-corrected chi connectivity index (χ2v) is 6.74. The van der Waals surface area contributed by atoms with Gasteiger partial charge in [-0.1, -0.05) is 41.4 Å². The molecule has 2 aromatic carbocycles. The molecular weight excluding hydrogens is 371 g/mol. The number of anilines is 1. The lowest BCUT2D eigenvalue weighted by molar-refractivity contribution is 0.102. The van der Waals surface area contributed by atoms with E-state index in [2.05, 4.69) is 5.32 Å². The molecule has 0 bridgehead atoms. The smallest absolute Gasteiger partial charge is 0.263 e. The number of benzene rings is 2. The van der Waals surface area contributed by atoms with Crippen LogP contribution in [0.3, 0.4) is 0 Å². The topological polar surface area (TPSA) is 51.1 Å². The van der Waals surface area contributed by atoms with E-state index in [1.54, 1.807) is 36.5 Å². The standard InChI is InChI=1S/C20H16Cl2N2O2/c1-13-4-9-16(11-18(13)22)23-19(25)17-3-2-10-24(20(17)26)12-14-5-7-15(21)8-6-14/h2-11H,12H2,1H3,(H,23,25). The van der Waals surface area contributed by atoms with Crippen molar-refractivity contribution in [2.24, 2.45) is 0 Å². The van der Waals surface area contributed by atoms with Gasteiger partial charge in [-0.05, 0) is 54.4 Å². The fourth-order valence-electron chi connectivity index (χ4n) is 2.49. The summed E-state index contributed by atoms with van der Waals surface area (Å²) in [5.74, 6) is -0.472. The normalized spacial score (nSPS) is 10.6. The minimum absolute atomic E-state index is 0.0677. The number of aromatic nitrogens is 1. The highest BCUT2D eigenvalue weighted by Gasteiger charge is 2.13. The van der Waals surface area contributed by atoms with E-state index >= 15 is 0 Å². The van der Waals surface area contributed by atoms with E-state index in [4.69, 9.17) is 23.2 Å². The van der Waals surface area contributed by atoms with E-state index in [0.29, 0.717) is 22.3 Å². The molecule has 0 aliphatic rings. The first kappa shape index (κ1) is 18.2. The molecule has 0 aliphatic carbocycles. The molecule has 26 heavy (non-hydrogen) atoms. The van der Waals surface area contributed by atoms with Crippen LogP contribution in [-0.2, 0) is 6.54 Å². The predicted octanol–water partition coefficient (Wildman–Crippen LogP) is 4.76. The lowest BCUT2D eigenvalue weighted by atomic mass is 10.2. The molecule has 0 radical (unpaired) electrons. The van der Waals surface area contributed by atoms with Gasteiger partial charge >= 0.3 is 0 Å². The lowest BCUT2D eigenvalue weighted by Gasteiger charge is -2.10. The molecule has 132 valence electrons. The van der Waals surface area contributed by atoms with Gasteiger partial charge in [0.2, 0.25) is 0 Å². The van der Waals surface area contributed by atoms with Crippen molar-refractivity contribution in [2.45, 2.75) is 13.5 Å². The van der Waals surface area contributed by atoms with Gasteiger partial charge in [0.15, 0.2) is 0 Å². The highest BCUT2D eigenvalue weighted by molar-refractivity contribution is 6.31. The Morgan fingerprint density at radius 2 is 1.81 bits per heavy atom. The summed E-state index contributed by atoms with van der Waals surface area (Å²) in [6, 6.07) is 15.6. The average molecular weight is 387 g/mol. The zero-order valence-electron chi connectivity index (χ0n) is 14.0. The second kappa shape index (κ2) is 7.77. The molecule has 0 atom stereocenters. The number of halogens is 2. The molecule has 4 nitrogen and oxygen atoms in total. The van der Waals surface area contributed by atoms with Gasteiger partial charge in [0.25, 0.3) is 11.5 Å². The Labute approximate surface area is 161 Å². The summed E-state index contributed by atoms with van der Waals surface area (Å²) in [6.07, 6.45) is 1.65. The summed E-state index contributed by atoms with van der Waals surface area (Å²) in [5.41, 5.74) is 2.07. The third-order valence-corrected chi connectivity index (χ3v) is 4.62. The third-order valence-electron chi connectivity index (χ3n) is 3.96. The number of nitrogens with zero attached hydrogens (tertiary/aromatic N) is 1. The van der Waals surface area contributed by atoms with Crippen LogP contribution in [0.1, 0.15) is 21.5 Å². The molecule has 3 aromatic rings. The zero-order valence-corrected chi connectivity index (χ0v) is 15.5. The van der Waals surface area contributed by atoms with Crippen LogP contribution in [0, 0.1) is 6.92 Å². The Morgan fingerprint density at radius 3 is 2.50 bits per heavy atom. The van der Waals surface area contributed by atoms with E-state index in [9.17, 15) is 9.59 Å². The molecule has 0 fully saturated rings. The fourth-order valence-corrected chi connectivity index (χ4v) is 2.80. The first-order valence-corrected chi connectivity index (χ1v) is 8.71. The van der Waals surface area contributed by atoms with E-state index in [-0.39, 0.29) is 11.1 Å². The number of hydrogen-bond donors (Lipinski definition) is 1. The highest BCUT2D eigenvalue weighted by Crippen LogP contribution is 2.20. The maximum absolute atomic E-state index is 12.6. The SMILES string of the molecule is Cc1ccc(NC(=O)c2cccn(Cc3ccc(Cl)cc3)c2=O)cc1Cl. The first-order chi connectivity index (χ1) is 12.4. The molecule has 0 spiro atoms. The number of aryl methyl sites for hydroxylation is 1. The number of carbonyl (C=O) groups excluding carboxylic acids is 1. The minimum atomic E-state index is -0.472. The molecule has 1 amide bonds. The Hall–Kier alpha value is -2.56. The highest BCUT2D eigenvalue weighted by atomic mass is 35.5. The zero-order chi connectivity index (χ0) is 18.7. The van der Waals surface area contributed by atoms with E-state index in [1.165, 1.54) is 10.6 Å². The van der Waals surface area contributed by atoms with Crippen molar-refractivity contribution in [2.75, 3.05) is 5.32 Å². The first-order valence-electron chi connectivity index (χ1n) is 7.95. The summed E-state index contributed by atoms with van der Waals surface area (Å²) >= 11 is 12.0. The van der Waals surface area contributed by atoms with Crippen molar-refractivity contribution in [3.63, 3.8) is 0 Å². The van der Waals surface area contributed by atoms with E-state index in [0.717, 1.165) is 11.1 Å². The largest absolute Gasteiger partial charge is 0.322 e. The number of amides is 1. The van der Waals surface area contributed by atoms with Gasteiger partial charge in [-0.3, -0.25) is 9.59 Å². The van der Waals surface area contributed by atoms with E-state index < -0.39 is 5.91 Å². The third kappa shape index (κ3) is 4.15. The summed E-state index contributed by atoms with van der Waals surface area (Å²) < 4.78 is 1.49. The van der Waals surface area contributed by atoms with Gasteiger partial charge in [-0.25, -0.2) is 0 Å². The van der Waals surface area contributed by atoms with Crippen molar-refractivity contribution in [1.82, 2.24) is 4.57 Å². The van der Waals surface area contributed by atoms with Crippen molar-refractivity contribution in [3.8, 4) is 0 Å². The maximum atomic E-state index is 12.6. The van der Waals surface area contributed by atoms with Gasteiger partial charge in [0.1, 0.15) is 5.56 Å². The Morgan fingerprint density at radius 1 is 1.08 bits per heavy atom. The second-order valence-electron chi connectivity index (χ2n) is 5.90. The summed E-state index contributed by atoms with van der Waals surface area (Å²) in [5, 5.41) is 3.89. The molecule has 6 heteroatoms. The lowest BCUT2D eigenvalue weighted by Crippen LogP contribution is -2.29. The maximum Gasteiger partial charge on any atom is 0.263 e. The van der Waals surface area contributed by atoms with Gasteiger partial charge in [0, 0.05) is 21.9 Å². The minimum Gasteiger partial charge on any atom is -0.322 e. The summed E-state index contributed by atoms with van der Waals surface area (Å²) in [7, 11) is 0. The number of carbonyl (C=O) groups is 1. The molecule has 0 saturated carbocycles. The van der Waals surface area contributed by atoms with E-state index in [1.807, 2.05) is 25.1 Å². The van der Waals surface area contributed by atoms with Crippen LogP contribution >= 0.6 is 23.2 Å². The Balaban J connectivity index is 1.83. The van der Waals surface area contributed by atoms with Crippen molar-refractivity contribution in [3.05, 3.63) is 97.9 Å². The van der Waals surface area contributed by atoms with Crippen LogP contribution in [0.5, 0.6) is 0 Å². The summed E-state index contributed by atoms with van der Waals surface area (Å²) in [6.45, 7) is 2.23. The van der Waals surface area contributed by atoms with Gasteiger partial charge < -0.3 is 9.88 Å². The average Bonchev–Trinajstić information content (AvgIpc) is 2.62. The molecule has 3 rings (SSSR count). The molecular formula is C20H16Cl2N2O2. The molecule has 0 aliphatic heterocycles. The summed E-state index contributed by atoms with van der Waals surface area (Å²) in [4.78, 5) is 25.1. The van der Waals surface area contributed by atoms with Crippen LogP contribution in [-0.4, -0.2) is 10.5 Å². The number of pyridine rings is 1. The van der Waals surface area contributed by atoms with Gasteiger partial charge in [-0.2, -0.15) is 0 Å². The number of rotatable bonds is 4. The van der Waals surface area contributed by atoms with Gasteiger partial charge in [0.05, 0.1) is 6.54 Å². The van der Waals surface area contributed by atoms with Crippen LogP contribution < -0.4 is 10.9 Å². The molecule has 1 heterocycles. The Kier molecular flexibility index (Phi) is 5.45.